The molecule has 8 heteroatoms. The first-order valence-electron chi connectivity index (χ1n) is 8.93. The van der Waals surface area contributed by atoms with E-state index in [1.54, 1.807) is 11.8 Å². The Morgan fingerprint density at radius 2 is 1.93 bits per heavy atom. The van der Waals surface area contributed by atoms with Gasteiger partial charge in [-0.25, -0.2) is 4.68 Å². The van der Waals surface area contributed by atoms with Gasteiger partial charge in [0.1, 0.15) is 4.83 Å². The normalized spacial score (nSPS) is 11.1. The van der Waals surface area contributed by atoms with Gasteiger partial charge in [0.2, 0.25) is 0 Å². The van der Waals surface area contributed by atoms with Crippen molar-refractivity contribution in [3.63, 3.8) is 0 Å². The molecule has 2 aromatic carbocycles. The molecule has 1 N–H and O–H groups in total. The molecule has 148 valence electrons. The second kappa shape index (κ2) is 8.92. The summed E-state index contributed by atoms with van der Waals surface area (Å²) in [5.41, 5.74) is 1.82. The highest BCUT2D eigenvalue weighted by Gasteiger charge is 2.17. The van der Waals surface area contributed by atoms with Gasteiger partial charge in [0, 0.05) is 32.1 Å². The molecule has 0 saturated heterocycles. The van der Waals surface area contributed by atoms with Crippen LogP contribution < -0.4 is 5.32 Å². The van der Waals surface area contributed by atoms with E-state index in [-0.39, 0.29) is 5.91 Å². The van der Waals surface area contributed by atoms with Crippen molar-refractivity contribution in [1.82, 2.24) is 15.1 Å². The molecule has 4 rings (SSSR count). The molecule has 2 heterocycles. The summed E-state index contributed by atoms with van der Waals surface area (Å²) in [6.07, 6.45) is 0. The monoisotopic (exact) mass is 505 g/mol. The molecule has 0 radical (unpaired) electrons. The molecular formula is C21H17BrClN3OS2. The molecule has 0 aliphatic carbocycles. The van der Waals surface area contributed by atoms with Crippen molar-refractivity contribution in [2.24, 2.45) is 0 Å². The van der Waals surface area contributed by atoms with Crippen molar-refractivity contribution in [2.45, 2.75) is 11.8 Å². The number of fused-ring (bicyclic) bond motifs is 1. The minimum atomic E-state index is -0.0512. The van der Waals surface area contributed by atoms with Crippen LogP contribution in [0.5, 0.6) is 0 Å². The quantitative estimate of drug-likeness (QED) is 0.245. The highest BCUT2D eigenvalue weighted by atomic mass is 79.9. The Labute approximate surface area is 190 Å². The molecule has 0 bridgehead atoms. The number of halogens is 2. The Morgan fingerprint density at radius 3 is 2.66 bits per heavy atom. The van der Waals surface area contributed by atoms with E-state index in [0.717, 1.165) is 31.8 Å². The molecule has 4 aromatic rings. The van der Waals surface area contributed by atoms with Gasteiger partial charge < -0.3 is 5.32 Å². The van der Waals surface area contributed by atoms with Crippen LogP contribution in [0.1, 0.15) is 15.4 Å². The van der Waals surface area contributed by atoms with Crippen molar-refractivity contribution in [3.8, 4) is 5.69 Å². The highest BCUT2D eigenvalue weighted by molar-refractivity contribution is 9.10. The highest BCUT2D eigenvalue weighted by Crippen LogP contribution is 2.30. The van der Waals surface area contributed by atoms with Gasteiger partial charge in [-0.05, 0) is 61.5 Å². The van der Waals surface area contributed by atoms with E-state index < -0.39 is 0 Å². The first kappa shape index (κ1) is 20.5. The van der Waals surface area contributed by atoms with E-state index in [4.69, 9.17) is 11.6 Å². The first-order chi connectivity index (χ1) is 14.0. The van der Waals surface area contributed by atoms with Crippen LogP contribution in [0.15, 0.2) is 64.0 Å². The molecule has 0 aliphatic heterocycles. The third kappa shape index (κ3) is 4.69. The van der Waals surface area contributed by atoms with Gasteiger partial charge in [-0.3, -0.25) is 4.79 Å². The van der Waals surface area contributed by atoms with Crippen LogP contribution in [0.25, 0.3) is 15.9 Å². The van der Waals surface area contributed by atoms with Gasteiger partial charge in [0.05, 0.1) is 16.3 Å². The second-order valence-corrected chi connectivity index (χ2v) is 9.91. The molecule has 0 fully saturated rings. The molecule has 0 spiro atoms. The standard InChI is InChI=1S/C21H17BrClN3OS2/c1-13-18-12-19(20(27)24-10-11-28-17-8-2-14(22)3-9-17)29-21(18)26(25-13)16-6-4-15(23)5-7-16/h2-9,12H,10-11H2,1H3,(H,24,27). The molecule has 0 unspecified atom stereocenters. The zero-order valence-electron chi connectivity index (χ0n) is 15.5. The molecule has 0 saturated carbocycles. The number of nitrogens with zero attached hydrogens (tertiary/aromatic N) is 2. The van der Waals surface area contributed by atoms with Gasteiger partial charge in [0.25, 0.3) is 5.91 Å². The Hall–Kier alpha value is -1.80. The maximum Gasteiger partial charge on any atom is 0.261 e. The smallest absolute Gasteiger partial charge is 0.261 e. The summed E-state index contributed by atoms with van der Waals surface area (Å²) < 4.78 is 2.93. The number of aryl methyl sites for hydroxylation is 1. The van der Waals surface area contributed by atoms with Crippen LogP contribution in [-0.2, 0) is 0 Å². The fourth-order valence-corrected chi connectivity index (χ4v) is 5.13. The summed E-state index contributed by atoms with van der Waals surface area (Å²) in [6, 6.07) is 17.6. The number of rotatable bonds is 6. The molecule has 2 aromatic heterocycles. The third-order valence-corrected chi connectivity index (χ3v) is 7.21. The summed E-state index contributed by atoms with van der Waals surface area (Å²) >= 11 is 12.6. The van der Waals surface area contributed by atoms with E-state index in [0.29, 0.717) is 16.4 Å². The third-order valence-electron chi connectivity index (χ3n) is 4.31. The lowest BCUT2D eigenvalue weighted by Crippen LogP contribution is -2.24. The number of thioether (sulfide) groups is 1. The van der Waals surface area contributed by atoms with Gasteiger partial charge in [0.15, 0.2) is 0 Å². The number of carbonyl (C=O) groups is 1. The number of aromatic nitrogens is 2. The van der Waals surface area contributed by atoms with Crippen molar-refractivity contribution < 1.29 is 4.79 Å². The lowest BCUT2D eigenvalue weighted by atomic mass is 10.3. The zero-order valence-corrected chi connectivity index (χ0v) is 19.5. The fourth-order valence-electron chi connectivity index (χ4n) is 2.87. The predicted octanol–water partition coefficient (Wildman–Crippen LogP) is 6.33. The van der Waals surface area contributed by atoms with E-state index in [1.807, 2.05) is 54.1 Å². The number of benzene rings is 2. The maximum atomic E-state index is 12.6. The summed E-state index contributed by atoms with van der Waals surface area (Å²) in [6.45, 7) is 2.56. The number of thiophene rings is 1. The topological polar surface area (TPSA) is 46.9 Å². The maximum absolute atomic E-state index is 12.6. The number of nitrogens with one attached hydrogen (secondary N) is 1. The van der Waals surface area contributed by atoms with E-state index in [2.05, 4.69) is 38.5 Å². The molecule has 4 nitrogen and oxygen atoms in total. The first-order valence-corrected chi connectivity index (χ1v) is 11.9. The van der Waals surface area contributed by atoms with Crippen LogP contribution in [0.3, 0.4) is 0 Å². The molecule has 0 aliphatic rings. The zero-order chi connectivity index (χ0) is 20.4. The predicted molar refractivity (Wildman–Crippen MR) is 126 cm³/mol. The summed E-state index contributed by atoms with van der Waals surface area (Å²) in [5, 5.41) is 9.30. The molecule has 0 atom stereocenters. The van der Waals surface area contributed by atoms with Crippen LogP contribution in [0.4, 0.5) is 0 Å². The largest absolute Gasteiger partial charge is 0.350 e. The van der Waals surface area contributed by atoms with E-state index >= 15 is 0 Å². The fraction of sp³-hybridized carbons (Fsp3) is 0.143. The van der Waals surface area contributed by atoms with Gasteiger partial charge in [-0.15, -0.1) is 23.1 Å². The number of amides is 1. The lowest BCUT2D eigenvalue weighted by molar-refractivity contribution is 0.0960. The molecule has 1 amide bonds. The van der Waals surface area contributed by atoms with Crippen LogP contribution in [0.2, 0.25) is 5.02 Å². The van der Waals surface area contributed by atoms with Crippen LogP contribution in [-0.4, -0.2) is 28.0 Å². The van der Waals surface area contributed by atoms with Gasteiger partial charge in [-0.1, -0.05) is 27.5 Å². The number of hydrogen-bond acceptors (Lipinski definition) is 4. The van der Waals surface area contributed by atoms with E-state index in [9.17, 15) is 4.79 Å². The summed E-state index contributed by atoms with van der Waals surface area (Å²) in [4.78, 5) is 15.4. The van der Waals surface area contributed by atoms with Gasteiger partial charge in [-0.2, -0.15) is 5.10 Å². The molecule has 29 heavy (non-hydrogen) atoms. The summed E-state index contributed by atoms with van der Waals surface area (Å²) in [5.74, 6) is 0.764. The SMILES string of the molecule is Cc1nn(-c2ccc(Cl)cc2)c2sc(C(=O)NCCSc3ccc(Br)cc3)cc12. The minimum absolute atomic E-state index is 0.0512. The lowest BCUT2D eigenvalue weighted by Gasteiger charge is -2.04. The van der Waals surface area contributed by atoms with E-state index in [1.165, 1.54) is 16.2 Å². The second-order valence-electron chi connectivity index (χ2n) is 6.36. The van der Waals surface area contributed by atoms with Crippen LogP contribution in [0, 0.1) is 6.92 Å². The number of carbonyl (C=O) groups excluding carboxylic acids is 1. The average Bonchev–Trinajstić information content (AvgIpc) is 3.28. The van der Waals surface area contributed by atoms with Gasteiger partial charge >= 0.3 is 0 Å². The van der Waals surface area contributed by atoms with Crippen molar-refractivity contribution in [2.75, 3.05) is 12.3 Å². The van der Waals surface area contributed by atoms with Crippen LogP contribution >= 0.6 is 50.6 Å². The Bertz CT molecular complexity index is 1150. The van der Waals surface area contributed by atoms with Crippen molar-refractivity contribution in [3.05, 3.63) is 74.7 Å². The Morgan fingerprint density at radius 1 is 1.21 bits per heavy atom. The van der Waals surface area contributed by atoms with Crippen molar-refractivity contribution in [1.29, 1.82) is 0 Å². The number of hydrogen-bond donors (Lipinski definition) is 1. The minimum Gasteiger partial charge on any atom is -0.350 e. The Kier molecular flexibility index (Phi) is 6.29. The van der Waals surface area contributed by atoms with Crippen molar-refractivity contribution >= 4 is 66.8 Å². The Balaban J connectivity index is 1.43. The summed E-state index contributed by atoms with van der Waals surface area (Å²) in [7, 11) is 0. The molecular weight excluding hydrogens is 490 g/mol. The average molecular weight is 507 g/mol.